The number of para-hydroxylation sites is 1. The second-order valence-corrected chi connectivity index (χ2v) is 6.17. The Bertz CT molecular complexity index is 524. The van der Waals surface area contributed by atoms with Crippen LogP contribution in [0.3, 0.4) is 0 Å². The number of hydrogen-bond donors (Lipinski definition) is 1. The number of benzene rings is 1. The van der Waals surface area contributed by atoms with Crippen LogP contribution in [0, 0.1) is 5.92 Å². The molecule has 3 rings (SSSR count). The number of rotatable bonds is 3. The van der Waals surface area contributed by atoms with Gasteiger partial charge in [-0.1, -0.05) is 18.9 Å². The van der Waals surface area contributed by atoms with Crippen molar-refractivity contribution in [1.82, 2.24) is 4.90 Å². The Labute approximate surface area is 126 Å². The summed E-state index contributed by atoms with van der Waals surface area (Å²) < 4.78 is 5.23. The van der Waals surface area contributed by atoms with Crippen LogP contribution in [0.15, 0.2) is 18.2 Å². The van der Waals surface area contributed by atoms with Crippen molar-refractivity contribution in [2.75, 3.05) is 19.4 Å². The summed E-state index contributed by atoms with van der Waals surface area (Å²) in [6.45, 7) is 0.858. The minimum atomic E-state index is 0.0702. The first-order valence-corrected chi connectivity index (χ1v) is 7.96. The molecule has 2 fully saturated rings. The molecule has 2 aliphatic rings. The van der Waals surface area contributed by atoms with Gasteiger partial charge in [0.15, 0.2) is 0 Å². The van der Waals surface area contributed by atoms with E-state index >= 15 is 0 Å². The van der Waals surface area contributed by atoms with E-state index < -0.39 is 0 Å². The van der Waals surface area contributed by atoms with Gasteiger partial charge in [0.25, 0.3) is 5.91 Å². The molecule has 1 atom stereocenters. The quantitative estimate of drug-likeness (QED) is 0.870. The Kier molecular flexibility index (Phi) is 4.04. The van der Waals surface area contributed by atoms with Gasteiger partial charge in [-0.3, -0.25) is 4.79 Å². The molecule has 1 aromatic carbocycles. The zero-order valence-electron chi connectivity index (χ0n) is 12.7. The number of ether oxygens (including phenoxy) is 1. The van der Waals surface area contributed by atoms with Crippen molar-refractivity contribution in [3.63, 3.8) is 0 Å². The predicted molar refractivity (Wildman–Crippen MR) is 83.4 cm³/mol. The van der Waals surface area contributed by atoms with Gasteiger partial charge in [-0.25, -0.2) is 0 Å². The van der Waals surface area contributed by atoms with Crippen LogP contribution in [0.5, 0.6) is 5.75 Å². The van der Waals surface area contributed by atoms with Gasteiger partial charge in [-0.2, -0.15) is 0 Å². The molecule has 2 N–H and O–H groups in total. The third-order valence-corrected chi connectivity index (χ3v) is 5.02. The van der Waals surface area contributed by atoms with Gasteiger partial charge in [-0.15, -0.1) is 0 Å². The van der Waals surface area contributed by atoms with E-state index in [-0.39, 0.29) is 5.91 Å². The van der Waals surface area contributed by atoms with E-state index in [2.05, 4.69) is 4.90 Å². The predicted octanol–water partition coefficient (Wildman–Crippen LogP) is 3.07. The fraction of sp³-hybridized carbons (Fsp3) is 0.588. The highest BCUT2D eigenvalue weighted by atomic mass is 16.5. The number of carbonyl (C=O) groups excluding carboxylic acids is 1. The normalized spacial score (nSPS) is 22.7. The lowest BCUT2D eigenvalue weighted by Gasteiger charge is -2.30. The van der Waals surface area contributed by atoms with Crippen LogP contribution in [0.25, 0.3) is 0 Å². The average Bonchev–Trinajstić information content (AvgIpc) is 3.17. The molecule has 0 aromatic heterocycles. The molecule has 1 saturated carbocycles. The van der Waals surface area contributed by atoms with Crippen LogP contribution >= 0.6 is 0 Å². The van der Waals surface area contributed by atoms with Gasteiger partial charge in [0.05, 0.1) is 18.4 Å². The largest absolute Gasteiger partial charge is 0.495 e. The monoisotopic (exact) mass is 288 g/mol. The molecule has 21 heavy (non-hydrogen) atoms. The molecular weight excluding hydrogens is 264 g/mol. The third-order valence-electron chi connectivity index (χ3n) is 5.02. The van der Waals surface area contributed by atoms with E-state index in [1.54, 1.807) is 13.2 Å². The molecule has 1 saturated heterocycles. The minimum absolute atomic E-state index is 0.0702. The van der Waals surface area contributed by atoms with E-state index in [9.17, 15) is 4.79 Å². The van der Waals surface area contributed by atoms with E-state index in [0.717, 1.165) is 19.4 Å². The molecule has 0 bridgehead atoms. The molecule has 1 heterocycles. The van der Waals surface area contributed by atoms with Crippen molar-refractivity contribution in [3.8, 4) is 5.75 Å². The first kappa shape index (κ1) is 14.2. The van der Waals surface area contributed by atoms with Gasteiger partial charge >= 0.3 is 0 Å². The Morgan fingerprint density at radius 3 is 2.71 bits per heavy atom. The number of anilines is 1. The molecule has 4 heteroatoms. The molecule has 1 aliphatic heterocycles. The number of likely N-dealkylation sites (tertiary alicyclic amines) is 1. The number of hydrogen-bond acceptors (Lipinski definition) is 3. The maximum atomic E-state index is 12.9. The van der Waals surface area contributed by atoms with Gasteiger partial charge in [0.2, 0.25) is 0 Å². The average molecular weight is 288 g/mol. The lowest BCUT2D eigenvalue weighted by atomic mass is 9.95. The van der Waals surface area contributed by atoms with Crippen LogP contribution in [0.4, 0.5) is 5.69 Å². The summed E-state index contributed by atoms with van der Waals surface area (Å²) >= 11 is 0. The van der Waals surface area contributed by atoms with Crippen molar-refractivity contribution in [2.24, 2.45) is 5.92 Å². The van der Waals surface area contributed by atoms with Crippen molar-refractivity contribution in [2.45, 2.75) is 44.6 Å². The molecule has 1 aliphatic carbocycles. The lowest BCUT2D eigenvalue weighted by Crippen LogP contribution is -2.39. The number of nitrogens with zero attached hydrogens (tertiary/aromatic N) is 1. The number of nitrogens with two attached hydrogens (primary N) is 1. The fourth-order valence-corrected chi connectivity index (χ4v) is 3.94. The van der Waals surface area contributed by atoms with Gasteiger partial charge in [0, 0.05) is 12.6 Å². The zero-order valence-corrected chi connectivity index (χ0v) is 12.7. The standard InChI is InChI=1S/C17H24N2O2/c1-21-15-10-4-8-13(16(15)18)17(20)19-11-5-9-14(19)12-6-2-3-7-12/h4,8,10,12,14H,2-3,5-7,9,11,18H2,1H3. The zero-order chi connectivity index (χ0) is 14.8. The summed E-state index contributed by atoms with van der Waals surface area (Å²) in [7, 11) is 1.58. The summed E-state index contributed by atoms with van der Waals surface area (Å²) in [5, 5.41) is 0. The minimum Gasteiger partial charge on any atom is -0.495 e. The molecule has 114 valence electrons. The first-order valence-electron chi connectivity index (χ1n) is 7.96. The summed E-state index contributed by atoms with van der Waals surface area (Å²) in [6, 6.07) is 5.85. The molecule has 4 nitrogen and oxygen atoms in total. The topological polar surface area (TPSA) is 55.6 Å². The van der Waals surface area contributed by atoms with Crippen molar-refractivity contribution >= 4 is 11.6 Å². The Morgan fingerprint density at radius 2 is 2.00 bits per heavy atom. The number of carbonyl (C=O) groups is 1. The second-order valence-electron chi connectivity index (χ2n) is 6.17. The molecule has 1 unspecified atom stereocenters. The van der Waals surface area contributed by atoms with Crippen LogP contribution in [0.2, 0.25) is 0 Å². The smallest absolute Gasteiger partial charge is 0.256 e. The number of nitrogen functional groups attached to an aromatic ring is 1. The molecule has 0 radical (unpaired) electrons. The van der Waals surface area contributed by atoms with E-state index in [0.29, 0.717) is 29.0 Å². The summed E-state index contributed by atoms with van der Waals surface area (Å²) in [6.07, 6.45) is 7.40. The fourth-order valence-electron chi connectivity index (χ4n) is 3.94. The molecule has 1 amide bonds. The molecule has 1 aromatic rings. The van der Waals surface area contributed by atoms with Crippen molar-refractivity contribution in [3.05, 3.63) is 23.8 Å². The van der Waals surface area contributed by atoms with E-state index in [1.807, 2.05) is 12.1 Å². The first-order chi connectivity index (χ1) is 10.2. The Balaban J connectivity index is 1.84. The molecular formula is C17H24N2O2. The van der Waals surface area contributed by atoms with Crippen LogP contribution in [0.1, 0.15) is 48.9 Å². The van der Waals surface area contributed by atoms with Gasteiger partial charge in [-0.05, 0) is 43.7 Å². The highest BCUT2D eigenvalue weighted by Crippen LogP contribution is 2.37. The highest BCUT2D eigenvalue weighted by Gasteiger charge is 2.36. The van der Waals surface area contributed by atoms with E-state index in [4.69, 9.17) is 10.5 Å². The van der Waals surface area contributed by atoms with Crippen molar-refractivity contribution < 1.29 is 9.53 Å². The van der Waals surface area contributed by atoms with Gasteiger partial charge in [0.1, 0.15) is 5.75 Å². The summed E-state index contributed by atoms with van der Waals surface area (Å²) in [5.74, 6) is 1.33. The highest BCUT2D eigenvalue weighted by molar-refractivity contribution is 6.00. The SMILES string of the molecule is COc1cccc(C(=O)N2CCCC2C2CCCC2)c1N. The Morgan fingerprint density at radius 1 is 1.24 bits per heavy atom. The van der Waals surface area contributed by atoms with Crippen LogP contribution in [-0.2, 0) is 0 Å². The maximum absolute atomic E-state index is 12.9. The van der Waals surface area contributed by atoms with Crippen molar-refractivity contribution in [1.29, 1.82) is 0 Å². The van der Waals surface area contributed by atoms with E-state index in [1.165, 1.54) is 25.7 Å². The maximum Gasteiger partial charge on any atom is 0.256 e. The number of methoxy groups -OCH3 is 1. The Hall–Kier alpha value is -1.71. The summed E-state index contributed by atoms with van der Waals surface area (Å²) in [4.78, 5) is 15.0. The third kappa shape index (κ3) is 2.59. The van der Waals surface area contributed by atoms with Crippen LogP contribution < -0.4 is 10.5 Å². The number of amides is 1. The van der Waals surface area contributed by atoms with Crippen LogP contribution in [-0.4, -0.2) is 30.5 Å². The van der Waals surface area contributed by atoms with Gasteiger partial charge < -0.3 is 15.4 Å². The summed E-state index contributed by atoms with van der Waals surface area (Å²) in [5.41, 5.74) is 7.13. The second kappa shape index (κ2) is 5.96. The molecule has 0 spiro atoms. The lowest BCUT2D eigenvalue weighted by molar-refractivity contribution is 0.0690.